The second kappa shape index (κ2) is 13.4. The Morgan fingerprint density at radius 3 is 2.39 bits per heavy atom. The van der Waals surface area contributed by atoms with Crippen molar-refractivity contribution in [2.45, 2.75) is 71.1 Å². The summed E-state index contributed by atoms with van der Waals surface area (Å²) in [7, 11) is 0. The predicted molar refractivity (Wildman–Crippen MR) is 131 cm³/mol. The van der Waals surface area contributed by atoms with Crippen LogP contribution in [0.4, 0.5) is 0 Å². The first-order chi connectivity index (χ1) is 16.1. The lowest BCUT2D eigenvalue weighted by molar-refractivity contribution is -0.143. The van der Waals surface area contributed by atoms with Crippen LogP contribution >= 0.6 is 0 Å². The summed E-state index contributed by atoms with van der Waals surface area (Å²) in [4.78, 5) is 42.1. The molecule has 182 valence electrons. The molecule has 3 rings (SSSR count). The average Bonchev–Trinajstić information content (AvgIpc) is 2.87. The minimum atomic E-state index is -0.0893. The van der Waals surface area contributed by atoms with Crippen molar-refractivity contribution in [2.24, 2.45) is 11.8 Å². The molecule has 1 aromatic carbocycles. The van der Waals surface area contributed by atoms with E-state index in [-0.39, 0.29) is 29.6 Å². The minimum Gasteiger partial charge on any atom is -0.356 e. The lowest BCUT2D eigenvalue weighted by atomic mass is 9.91. The van der Waals surface area contributed by atoms with E-state index in [1.807, 2.05) is 28.0 Å². The van der Waals surface area contributed by atoms with Gasteiger partial charge in [-0.2, -0.15) is 0 Å². The van der Waals surface area contributed by atoms with Crippen molar-refractivity contribution in [3.8, 4) is 0 Å². The molecule has 2 aliphatic rings. The molecule has 0 radical (unpaired) electrons. The topological polar surface area (TPSA) is 69.7 Å². The molecule has 0 aliphatic carbocycles. The molecule has 1 aromatic rings. The van der Waals surface area contributed by atoms with Gasteiger partial charge in [0.2, 0.25) is 17.7 Å². The van der Waals surface area contributed by atoms with E-state index in [1.54, 1.807) is 0 Å². The molecular formula is C27H41N3O3. The van der Waals surface area contributed by atoms with Crippen LogP contribution in [0.1, 0.15) is 70.3 Å². The van der Waals surface area contributed by atoms with Crippen LogP contribution in [0.5, 0.6) is 0 Å². The highest BCUT2D eigenvalue weighted by molar-refractivity contribution is 5.83. The summed E-state index contributed by atoms with van der Waals surface area (Å²) in [5.74, 6) is 0.334. The van der Waals surface area contributed by atoms with Crippen LogP contribution in [0, 0.1) is 11.8 Å². The van der Waals surface area contributed by atoms with E-state index in [0.717, 1.165) is 58.0 Å². The molecule has 3 amide bonds. The van der Waals surface area contributed by atoms with Crippen LogP contribution in [0.15, 0.2) is 30.3 Å². The van der Waals surface area contributed by atoms with Crippen LogP contribution in [0.2, 0.25) is 0 Å². The molecule has 1 unspecified atom stereocenters. The lowest BCUT2D eigenvalue weighted by Crippen LogP contribution is -2.49. The number of carbonyl (C=O) groups is 3. The molecule has 0 bridgehead atoms. The largest absolute Gasteiger partial charge is 0.356 e. The van der Waals surface area contributed by atoms with Gasteiger partial charge in [0.15, 0.2) is 0 Å². The second-order valence-electron chi connectivity index (χ2n) is 9.62. The number of amides is 3. The van der Waals surface area contributed by atoms with E-state index < -0.39 is 0 Å². The first-order valence-electron chi connectivity index (χ1n) is 13.0. The summed E-state index contributed by atoms with van der Waals surface area (Å²) in [5.41, 5.74) is 1.18. The fourth-order valence-electron chi connectivity index (χ4n) is 4.99. The standard InChI is InChI=1S/C27H41N3O3/c1-2-3-4-8-17-28-26(32)24-12-9-18-30(21-24)27(33)23-15-19-29(20-16-23)25(31)14-13-22-10-6-5-7-11-22/h5-7,10-11,23-24H,2-4,8-9,12-21H2,1H3,(H,28,32). The van der Waals surface area contributed by atoms with Crippen LogP contribution < -0.4 is 5.32 Å². The zero-order valence-electron chi connectivity index (χ0n) is 20.3. The third-order valence-electron chi connectivity index (χ3n) is 7.10. The van der Waals surface area contributed by atoms with Gasteiger partial charge in [-0.1, -0.05) is 56.5 Å². The van der Waals surface area contributed by atoms with Crippen LogP contribution in [0.25, 0.3) is 0 Å². The Kier molecular flexibility index (Phi) is 10.2. The lowest BCUT2D eigenvalue weighted by Gasteiger charge is -2.37. The molecule has 6 nitrogen and oxygen atoms in total. The molecule has 1 atom stereocenters. The molecule has 6 heteroatoms. The first kappa shape index (κ1) is 25.3. The number of aryl methyl sites for hydroxylation is 1. The first-order valence-corrected chi connectivity index (χ1v) is 13.0. The molecule has 33 heavy (non-hydrogen) atoms. The molecule has 2 fully saturated rings. The maximum absolute atomic E-state index is 13.1. The van der Waals surface area contributed by atoms with Crippen LogP contribution in [-0.2, 0) is 20.8 Å². The summed E-state index contributed by atoms with van der Waals surface area (Å²) >= 11 is 0. The van der Waals surface area contributed by atoms with E-state index in [1.165, 1.54) is 18.4 Å². The van der Waals surface area contributed by atoms with Gasteiger partial charge in [0.25, 0.3) is 0 Å². The van der Waals surface area contributed by atoms with E-state index in [9.17, 15) is 14.4 Å². The van der Waals surface area contributed by atoms with E-state index in [2.05, 4.69) is 24.4 Å². The Morgan fingerprint density at radius 2 is 1.67 bits per heavy atom. The highest BCUT2D eigenvalue weighted by Gasteiger charge is 2.34. The Morgan fingerprint density at radius 1 is 0.909 bits per heavy atom. The highest BCUT2D eigenvalue weighted by atomic mass is 16.2. The van der Waals surface area contributed by atoms with Gasteiger partial charge >= 0.3 is 0 Å². The van der Waals surface area contributed by atoms with E-state index in [0.29, 0.717) is 26.1 Å². The number of nitrogens with zero attached hydrogens (tertiary/aromatic N) is 2. The molecule has 0 saturated carbocycles. The van der Waals surface area contributed by atoms with Crippen molar-refractivity contribution in [3.05, 3.63) is 35.9 Å². The molecule has 0 spiro atoms. The summed E-state index contributed by atoms with van der Waals surface area (Å²) < 4.78 is 0. The SMILES string of the molecule is CCCCCCNC(=O)C1CCCN(C(=O)C2CCN(C(=O)CCc3ccccc3)CC2)C1. The maximum Gasteiger partial charge on any atom is 0.225 e. The van der Waals surface area contributed by atoms with Crippen molar-refractivity contribution in [3.63, 3.8) is 0 Å². The van der Waals surface area contributed by atoms with Gasteiger partial charge in [-0.05, 0) is 44.1 Å². The van der Waals surface area contributed by atoms with Crippen molar-refractivity contribution < 1.29 is 14.4 Å². The summed E-state index contributed by atoms with van der Waals surface area (Å²) in [6.07, 6.45) is 9.04. The molecule has 1 N–H and O–H groups in total. The zero-order valence-corrected chi connectivity index (χ0v) is 20.3. The Hall–Kier alpha value is -2.37. The summed E-state index contributed by atoms with van der Waals surface area (Å²) in [6, 6.07) is 10.1. The van der Waals surface area contributed by atoms with Gasteiger partial charge in [-0.15, -0.1) is 0 Å². The van der Waals surface area contributed by atoms with Gasteiger partial charge in [-0.25, -0.2) is 0 Å². The Labute approximate surface area is 199 Å². The maximum atomic E-state index is 13.1. The molecule has 2 aliphatic heterocycles. The van der Waals surface area contributed by atoms with Gasteiger partial charge in [0.05, 0.1) is 5.92 Å². The number of piperidine rings is 2. The minimum absolute atomic E-state index is 0.0287. The van der Waals surface area contributed by atoms with Crippen LogP contribution in [0.3, 0.4) is 0 Å². The fraction of sp³-hybridized carbons (Fsp3) is 0.667. The van der Waals surface area contributed by atoms with Gasteiger partial charge < -0.3 is 15.1 Å². The third-order valence-corrected chi connectivity index (χ3v) is 7.10. The summed E-state index contributed by atoms with van der Waals surface area (Å²) in [6.45, 7) is 5.50. The van der Waals surface area contributed by atoms with E-state index in [4.69, 9.17) is 0 Å². The second-order valence-corrected chi connectivity index (χ2v) is 9.62. The van der Waals surface area contributed by atoms with Gasteiger partial charge in [0, 0.05) is 45.1 Å². The Balaban J connectivity index is 1.38. The average molecular weight is 456 g/mol. The Bertz CT molecular complexity index is 759. The summed E-state index contributed by atoms with van der Waals surface area (Å²) in [5, 5.41) is 3.07. The molecular weight excluding hydrogens is 414 g/mol. The van der Waals surface area contributed by atoms with Crippen molar-refractivity contribution in [2.75, 3.05) is 32.7 Å². The number of rotatable bonds is 10. The zero-order chi connectivity index (χ0) is 23.5. The van der Waals surface area contributed by atoms with Crippen molar-refractivity contribution in [1.82, 2.24) is 15.1 Å². The van der Waals surface area contributed by atoms with Crippen LogP contribution in [-0.4, -0.2) is 60.2 Å². The number of carbonyl (C=O) groups excluding carboxylic acids is 3. The molecule has 2 saturated heterocycles. The molecule has 2 heterocycles. The van der Waals surface area contributed by atoms with Gasteiger partial charge in [-0.3, -0.25) is 14.4 Å². The van der Waals surface area contributed by atoms with Crippen molar-refractivity contribution in [1.29, 1.82) is 0 Å². The molecule has 0 aromatic heterocycles. The smallest absolute Gasteiger partial charge is 0.225 e. The van der Waals surface area contributed by atoms with Gasteiger partial charge in [0.1, 0.15) is 0 Å². The highest BCUT2D eigenvalue weighted by Crippen LogP contribution is 2.24. The fourth-order valence-corrected chi connectivity index (χ4v) is 4.99. The quantitative estimate of drug-likeness (QED) is 0.546. The number of hydrogen-bond donors (Lipinski definition) is 1. The number of unbranched alkanes of at least 4 members (excludes halogenated alkanes) is 3. The predicted octanol–water partition coefficient (Wildman–Crippen LogP) is 3.79. The number of hydrogen-bond acceptors (Lipinski definition) is 3. The normalized spacial score (nSPS) is 19.4. The van der Waals surface area contributed by atoms with Crippen molar-refractivity contribution >= 4 is 17.7 Å². The monoisotopic (exact) mass is 455 g/mol. The number of likely N-dealkylation sites (tertiary alicyclic amines) is 2. The third kappa shape index (κ3) is 7.86. The number of nitrogens with one attached hydrogen (secondary N) is 1. The van der Waals surface area contributed by atoms with E-state index >= 15 is 0 Å². The number of benzene rings is 1.